The highest BCUT2D eigenvalue weighted by Gasteiger charge is 2.10. The average molecular weight is 246 g/mol. The lowest BCUT2D eigenvalue weighted by atomic mass is 10.1. The zero-order chi connectivity index (χ0) is 13.0. The maximum absolute atomic E-state index is 9.28. The van der Waals surface area contributed by atoms with Gasteiger partial charge in [0, 0.05) is 24.2 Å². The first-order chi connectivity index (χ1) is 8.80. The highest BCUT2D eigenvalue weighted by molar-refractivity contribution is 5.91. The summed E-state index contributed by atoms with van der Waals surface area (Å²) in [7, 11) is 0. The van der Waals surface area contributed by atoms with Gasteiger partial charge >= 0.3 is 0 Å². The number of anilines is 1. The molecule has 0 aliphatic heterocycles. The Kier molecular flexibility index (Phi) is 4.12. The predicted octanol–water partition coefficient (Wildman–Crippen LogP) is 1.55. The zero-order valence-electron chi connectivity index (χ0n) is 10.5. The van der Waals surface area contributed by atoms with Crippen molar-refractivity contribution in [1.82, 2.24) is 4.98 Å². The first-order valence-corrected chi connectivity index (χ1v) is 6.15. The van der Waals surface area contributed by atoms with E-state index in [0.29, 0.717) is 12.2 Å². The molecule has 0 amide bonds. The second-order valence-electron chi connectivity index (χ2n) is 4.11. The summed E-state index contributed by atoms with van der Waals surface area (Å²) in [5.41, 5.74) is 2.54. The number of aromatic nitrogens is 1. The number of aliphatic hydroxyl groups excluding tert-OH is 2. The Bertz CT molecular complexity index is 528. The summed E-state index contributed by atoms with van der Waals surface area (Å²) in [5, 5.41) is 19.4. The summed E-state index contributed by atoms with van der Waals surface area (Å²) in [6, 6.07) is 9.74. The van der Waals surface area contributed by atoms with Crippen LogP contribution < -0.4 is 4.90 Å². The van der Waals surface area contributed by atoms with Crippen molar-refractivity contribution in [2.45, 2.75) is 13.5 Å². The lowest BCUT2D eigenvalue weighted by Gasteiger charge is -2.24. The van der Waals surface area contributed by atoms with E-state index in [1.165, 1.54) is 0 Å². The summed E-state index contributed by atoms with van der Waals surface area (Å²) in [4.78, 5) is 6.48. The van der Waals surface area contributed by atoms with E-state index in [9.17, 15) is 5.11 Å². The molecule has 0 bridgehead atoms. The van der Waals surface area contributed by atoms with Crippen LogP contribution in [0.3, 0.4) is 0 Å². The van der Waals surface area contributed by atoms with Gasteiger partial charge in [-0.15, -0.1) is 0 Å². The van der Waals surface area contributed by atoms with Crippen LogP contribution in [0.25, 0.3) is 10.9 Å². The van der Waals surface area contributed by atoms with Crippen LogP contribution in [0.5, 0.6) is 0 Å². The first-order valence-electron chi connectivity index (χ1n) is 6.15. The van der Waals surface area contributed by atoms with Crippen LogP contribution in [0.1, 0.15) is 12.6 Å². The van der Waals surface area contributed by atoms with Crippen molar-refractivity contribution in [3.05, 3.63) is 36.0 Å². The van der Waals surface area contributed by atoms with E-state index in [-0.39, 0.29) is 13.2 Å². The average Bonchev–Trinajstić information content (AvgIpc) is 2.43. The third-order valence-corrected chi connectivity index (χ3v) is 3.00. The van der Waals surface area contributed by atoms with E-state index in [0.717, 1.165) is 23.1 Å². The lowest BCUT2D eigenvalue weighted by Crippen LogP contribution is -2.26. The largest absolute Gasteiger partial charge is 0.395 e. The van der Waals surface area contributed by atoms with Gasteiger partial charge in [0.1, 0.15) is 0 Å². The molecule has 4 nitrogen and oxygen atoms in total. The summed E-state index contributed by atoms with van der Waals surface area (Å²) in [6.45, 7) is 3.46. The monoisotopic (exact) mass is 246 g/mol. The topological polar surface area (TPSA) is 56.6 Å². The Morgan fingerprint density at radius 2 is 2.00 bits per heavy atom. The van der Waals surface area contributed by atoms with Gasteiger partial charge in [0.05, 0.1) is 24.4 Å². The van der Waals surface area contributed by atoms with Crippen LogP contribution in [-0.4, -0.2) is 34.9 Å². The molecule has 0 fully saturated rings. The highest BCUT2D eigenvalue weighted by atomic mass is 16.3. The number of fused-ring (bicyclic) bond motifs is 1. The molecule has 0 atom stereocenters. The quantitative estimate of drug-likeness (QED) is 0.840. The van der Waals surface area contributed by atoms with Crippen molar-refractivity contribution in [2.24, 2.45) is 0 Å². The van der Waals surface area contributed by atoms with Crippen LogP contribution in [0.4, 0.5) is 5.69 Å². The third kappa shape index (κ3) is 2.44. The zero-order valence-corrected chi connectivity index (χ0v) is 10.5. The lowest BCUT2D eigenvalue weighted by molar-refractivity contribution is 0.277. The van der Waals surface area contributed by atoms with E-state index in [1.54, 1.807) is 0 Å². The Morgan fingerprint density at radius 3 is 2.67 bits per heavy atom. The molecule has 2 rings (SSSR count). The van der Waals surface area contributed by atoms with Gasteiger partial charge in [0.15, 0.2) is 0 Å². The van der Waals surface area contributed by atoms with Crippen LogP contribution in [0, 0.1) is 0 Å². The Hall–Kier alpha value is -1.65. The summed E-state index contributed by atoms with van der Waals surface area (Å²) in [6.07, 6.45) is 0. The van der Waals surface area contributed by atoms with Crippen LogP contribution >= 0.6 is 0 Å². The number of aliphatic hydroxyl groups is 2. The van der Waals surface area contributed by atoms with Crippen molar-refractivity contribution in [3.63, 3.8) is 0 Å². The second kappa shape index (κ2) is 5.80. The van der Waals surface area contributed by atoms with Gasteiger partial charge in [0.25, 0.3) is 0 Å². The summed E-state index contributed by atoms with van der Waals surface area (Å²) >= 11 is 0. The number of nitrogens with zero attached hydrogens (tertiary/aromatic N) is 2. The second-order valence-corrected chi connectivity index (χ2v) is 4.11. The maximum atomic E-state index is 9.28. The molecule has 0 radical (unpaired) electrons. The minimum Gasteiger partial charge on any atom is -0.395 e. The smallest absolute Gasteiger partial charge is 0.0854 e. The number of para-hydroxylation sites is 1. The van der Waals surface area contributed by atoms with Crippen molar-refractivity contribution in [2.75, 3.05) is 24.6 Å². The Labute approximate surface area is 107 Å². The van der Waals surface area contributed by atoms with Crippen molar-refractivity contribution in [1.29, 1.82) is 0 Å². The molecular weight excluding hydrogens is 228 g/mol. The molecule has 4 heteroatoms. The molecule has 0 spiro atoms. The molecule has 1 heterocycles. The third-order valence-electron chi connectivity index (χ3n) is 3.00. The number of hydrogen-bond acceptors (Lipinski definition) is 4. The van der Waals surface area contributed by atoms with Gasteiger partial charge in [-0.1, -0.05) is 18.2 Å². The Morgan fingerprint density at radius 1 is 1.22 bits per heavy atom. The minimum absolute atomic E-state index is 0.0749. The fourth-order valence-electron chi connectivity index (χ4n) is 2.12. The SMILES string of the molecule is CCN(CCO)c1cc(CO)nc2ccccc12. The molecule has 2 aromatic rings. The fraction of sp³-hybridized carbons (Fsp3) is 0.357. The molecule has 18 heavy (non-hydrogen) atoms. The molecule has 0 unspecified atom stereocenters. The highest BCUT2D eigenvalue weighted by Crippen LogP contribution is 2.26. The molecule has 1 aromatic carbocycles. The maximum Gasteiger partial charge on any atom is 0.0854 e. The molecule has 96 valence electrons. The normalized spacial score (nSPS) is 10.8. The Balaban J connectivity index is 2.58. The van der Waals surface area contributed by atoms with E-state index in [4.69, 9.17) is 5.11 Å². The van der Waals surface area contributed by atoms with Gasteiger partial charge in [-0.2, -0.15) is 0 Å². The number of hydrogen-bond donors (Lipinski definition) is 2. The molecule has 0 aliphatic carbocycles. The van der Waals surface area contributed by atoms with Crippen LogP contribution in [0.2, 0.25) is 0 Å². The fourth-order valence-corrected chi connectivity index (χ4v) is 2.12. The molecule has 0 saturated heterocycles. The van der Waals surface area contributed by atoms with E-state index in [1.807, 2.05) is 37.3 Å². The first kappa shape index (κ1) is 12.8. The predicted molar refractivity (Wildman–Crippen MR) is 72.6 cm³/mol. The number of likely N-dealkylation sites (N-methyl/N-ethyl adjacent to an activating group) is 1. The van der Waals surface area contributed by atoms with Crippen molar-refractivity contribution >= 4 is 16.6 Å². The van der Waals surface area contributed by atoms with Gasteiger partial charge in [0.2, 0.25) is 0 Å². The van der Waals surface area contributed by atoms with Gasteiger partial charge < -0.3 is 15.1 Å². The summed E-state index contributed by atoms with van der Waals surface area (Å²) < 4.78 is 0. The van der Waals surface area contributed by atoms with Gasteiger partial charge in [-0.3, -0.25) is 4.98 Å². The van der Waals surface area contributed by atoms with E-state index < -0.39 is 0 Å². The van der Waals surface area contributed by atoms with Crippen molar-refractivity contribution < 1.29 is 10.2 Å². The number of pyridine rings is 1. The minimum atomic E-state index is -0.0749. The van der Waals surface area contributed by atoms with E-state index >= 15 is 0 Å². The summed E-state index contributed by atoms with van der Waals surface area (Å²) in [5.74, 6) is 0. The van der Waals surface area contributed by atoms with Gasteiger partial charge in [-0.25, -0.2) is 0 Å². The standard InChI is InChI=1S/C14H18N2O2/c1-2-16(7-8-17)14-9-11(10-18)15-13-6-4-3-5-12(13)14/h3-6,9,17-18H,2,7-8,10H2,1H3. The number of benzene rings is 1. The van der Waals surface area contributed by atoms with Gasteiger partial charge in [-0.05, 0) is 19.1 Å². The van der Waals surface area contributed by atoms with Crippen molar-refractivity contribution in [3.8, 4) is 0 Å². The molecule has 0 saturated carbocycles. The molecule has 2 N–H and O–H groups in total. The molecule has 1 aromatic heterocycles. The molecular formula is C14H18N2O2. The van der Waals surface area contributed by atoms with Crippen LogP contribution in [-0.2, 0) is 6.61 Å². The molecule has 0 aliphatic rings. The van der Waals surface area contributed by atoms with Crippen LogP contribution in [0.15, 0.2) is 30.3 Å². The van der Waals surface area contributed by atoms with E-state index in [2.05, 4.69) is 9.88 Å². The number of rotatable bonds is 5.